The maximum absolute atomic E-state index is 12.9. The van der Waals surface area contributed by atoms with Gasteiger partial charge in [-0.05, 0) is 32.0 Å². The van der Waals surface area contributed by atoms with Crippen molar-refractivity contribution >= 4 is 23.3 Å². The number of carbonyl (C=O) groups excluding carboxylic acids is 3. The van der Waals surface area contributed by atoms with Crippen LogP contribution in [0.1, 0.15) is 40.3 Å². The van der Waals surface area contributed by atoms with Gasteiger partial charge < -0.3 is 15.0 Å². The Labute approximate surface area is 146 Å². The van der Waals surface area contributed by atoms with Crippen LogP contribution in [0.2, 0.25) is 0 Å². The van der Waals surface area contributed by atoms with Crippen molar-refractivity contribution in [3.05, 3.63) is 53.3 Å². The quantitative estimate of drug-likeness (QED) is 0.625. The largest absolute Gasteiger partial charge is 0.448 e. The molecule has 6 nitrogen and oxygen atoms in total. The molecule has 1 aromatic heterocycles. The Kier molecular flexibility index (Phi) is 5.49. The van der Waals surface area contributed by atoms with Gasteiger partial charge in [-0.25, -0.2) is 4.79 Å². The first-order valence-electron chi connectivity index (χ1n) is 7.47. The van der Waals surface area contributed by atoms with Crippen molar-refractivity contribution in [2.45, 2.75) is 26.1 Å². The number of aromatic amines is 1. The van der Waals surface area contributed by atoms with E-state index >= 15 is 0 Å². The van der Waals surface area contributed by atoms with E-state index < -0.39 is 35.4 Å². The molecule has 2 aromatic rings. The van der Waals surface area contributed by atoms with Crippen molar-refractivity contribution in [2.24, 2.45) is 0 Å². The maximum Gasteiger partial charge on any atom is 0.418 e. The van der Waals surface area contributed by atoms with E-state index in [-0.39, 0.29) is 17.0 Å². The first-order valence-corrected chi connectivity index (χ1v) is 7.47. The number of Topliss-reactive ketones (excluding diaryl/α,β-unsaturated/α-hetero) is 1. The molecule has 1 atom stereocenters. The standard InChI is InChI=1S/C17H15F3N2O4/c1-9(23)11-7-14(21-8-11)16(25)26-10(2)15(24)22-13-6-4-3-5-12(13)17(18,19)20/h3-8,10,21H,1-2H3,(H,22,24)/t10-/m0/s1. The van der Waals surface area contributed by atoms with Crippen molar-refractivity contribution in [1.29, 1.82) is 0 Å². The Balaban J connectivity index is 2.06. The van der Waals surface area contributed by atoms with Crippen LogP contribution in [0.15, 0.2) is 36.5 Å². The lowest BCUT2D eigenvalue weighted by Crippen LogP contribution is -2.30. The number of alkyl halides is 3. The molecule has 138 valence electrons. The summed E-state index contributed by atoms with van der Waals surface area (Å²) < 4.78 is 43.7. The second-order valence-electron chi connectivity index (χ2n) is 5.44. The smallest absolute Gasteiger partial charge is 0.418 e. The van der Waals surface area contributed by atoms with Gasteiger partial charge in [-0.1, -0.05) is 12.1 Å². The van der Waals surface area contributed by atoms with Crippen LogP contribution in [0.25, 0.3) is 0 Å². The lowest BCUT2D eigenvalue weighted by molar-refractivity contribution is -0.137. The summed E-state index contributed by atoms with van der Waals surface area (Å²) in [5.41, 5.74) is -1.24. The molecule has 0 bridgehead atoms. The predicted octanol–water partition coefficient (Wildman–Crippen LogP) is 3.42. The predicted molar refractivity (Wildman–Crippen MR) is 85.7 cm³/mol. The third-order valence-corrected chi connectivity index (χ3v) is 3.45. The highest BCUT2D eigenvalue weighted by molar-refractivity contribution is 5.99. The first kappa shape index (κ1) is 19.2. The highest BCUT2D eigenvalue weighted by Crippen LogP contribution is 2.34. The average Bonchev–Trinajstić information content (AvgIpc) is 3.04. The number of benzene rings is 1. The summed E-state index contributed by atoms with van der Waals surface area (Å²) in [6.07, 6.45) is -4.69. The molecule has 0 saturated heterocycles. The Morgan fingerprint density at radius 1 is 1.19 bits per heavy atom. The number of nitrogens with one attached hydrogen (secondary N) is 2. The van der Waals surface area contributed by atoms with Gasteiger partial charge in [-0.2, -0.15) is 13.2 Å². The molecule has 0 aliphatic heterocycles. The summed E-state index contributed by atoms with van der Waals surface area (Å²) in [5.74, 6) is -2.10. The zero-order chi connectivity index (χ0) is 19.5. The summed E-state index contributed by atoms with van der Waals surface area (Å²) in [6, 6.07) is 5.71. The highest BCUT2D eigenvalue weighted by atomic mass is 19.4. The van der Waals surface area contributed by atoms with Crippen molar-refractivity contribution in [2.75, 3.05) is 5.32 Å². The normalized spacial score (nSPS) is 12.3. The number of anilines is 1. The molecule has 1 heterocycles. The van der Waals surface area contributed by atoms with Crippen LogP contribution in [0.5, 0.6) is 0 Å². The minimum atomic E-state index is -4.64. The lowest BCUT2D eigenvalue weighted by Gasteiger charge is -2.16. The number of ether oxygens (including phenoxy) is 1. The van der Waals surface area contributed by atoms with E-state index in [1.54, 1.807) is 0 Å². The van der Waals surface area contributed by atoms with E-state index in [0.29, 0.717) is 0 Å². The molecule has 0 unspecified atom stereocenters. The Bertz CT molecular complexity index is 843. The summed E-state index contributed by atoms with van der Waals surface area (Å²) >= 11 is 0. The third kappa shape index (κ3) is 4.50. The molecule has 2 N–H and O–H groups in total. The number of ketones is 1. The topological polar surface area (TPSA) is 88.3 Å². The van der Waals surface area contributed by atoms with Crippen LogP contribution in [0.4, 0.5) is 18.9 Å². The van der Waals surface area contributed by atoms with Gasteiger partial charge in [0.05, 0.1) is 11.3 Å². The number of halogens is 3. The van der Waals surface area contributed by atoms with Crippen LogP contribution in [-0.4, -0.2) is 28.7 Å². The fraction of sp³-hybridized carbons (Fsp3) is 0.235. The molecule has 1 aromatic carbocycles. The minimum absolute atomic E-state index is 0.0504. The van der Waals surface area contributed by atoms with E-state index in [0.717, 1.165) is 12.1 Å². The third-order valence-electron chi connectivity index (χ3n) is 3.45. The van der Waals surface area contributed by atoms with Crippen molar-refractivity contribution in [3.63, 3.8) is 0 Å². The second-order valence-corrected chi connectivity index (χ2v) is 5.44. The van der Waals surface area contributed by atoms with Gasteiger partial charge in [0.2, 0.25) is 0 Å². The van der Waals surface area contributed by atoms with Gasteiger partial charge in [0.15, 0.2) is 11.9 Å². The van der Waals surface area contributed by atoms with Gasteiger partial charge in [-0.3, -0.25) is 9.59 Å². The molecule has 9 heteroatoms. The molecular weight excluding hydrogens is 353 g/mol. The number of esters is 1. The van der Waals surface area contributed by atoms with Gasteiger partial charge >= 0.3 is 12.1 Å². The second kappa shape index (κ2) is 7.42. The van der Waals surface area contributed by atoms with Gasteiger partial charge in [-0.15, -0.1) is 0 Å². The van der Waals surface area contributed by atoms with E-state index in [4.69, 9.17) is 4.74 Å². The Morgan fingerprint density at radius 2 is 1.85 bits per heavy atom. The fourth-order valence-corrected chi connectivity index (χ4v) is 2.07. The molecule has 0 radical (unpaired) electrons. The minimum Gasteiger partial charge on any atom is -0.448 e. The van der Waals surface area contributed by atoms with Crippen LogP contribution in [0, 0.1) is 0 Å². The maximum atomic E-state index is 12.9. The molecule has 0 saturated carbocycles. The number of rotatable bonds is 5. The molecule has 0 aliphatic rings. The molecule has 0 fully saturated rings. The highest BCUT2D eigenvalue weighted by Gasteiger charge is 2.34. The summed E-state index contributed by atoms with van der Waals surface area (Å²) in [4.78, 5) is 37.7. The number of hydrogen-bond acceptors (Lipinski definition) is 4. The zero-order valence-electron chi connectivity index (χ0n) is 13.8. The van der Waals surface area contributed by atoms with Crippen LogP contribution in [0.3, 0.4) is 0 Å². The molecule has 0 aliphatic carbocycles. The SMILES string of the molecule is CC(=O)c1c[nH]c(C(=O)O[C@@H](C)C(=O)Nc2ccccc2C(F)(F)F)c1. The molecule has 1 amide bonds. The number of carbonyl (C=O) groups is 3. The number of H-pyrrole nitrogens is 1. The van der Waals surface area contributed by atoms with E-state index in [1.165, 1.54) is 38.2 Å². The summed E-state index contributed by atoms with van der Waals surface area (Å²) in [5, 5.41) is 2.10. The van der Waals surface area contributed by atoms with Crippen molar-refractivity contribution in [3.8, 4) is 0 Å². The fourth-order valence-electron chi connectivity index (χ4n) is 2.07. The number of para-hydroxylation sites is 1. The van der Waals surface area contributed by atoms with Crippen LogP contribution < -0.4 is 5.32 Å². The lowest BCUT2D eigenvalue weighted by atomic mass is 10.1. The van der Waals surface area contributed by atoms with Crippen LogP contribution >= 0.6 is 0 Å². The molecule has 2 rings (SSSR count). The average molecular weight is 368 g/mol. The van der Waals surface area contributed by atoms with Gasteiger partial charge in [0.1, 0.15) is 5.69 Å². The Morgan fingerprint density at radius 3 is 2.42 bits per heavy atom. The van der Waals surface area contributed by atoms with E-state index in [1.807, 2.05) is 0 Å². The van der Waals surface area contributed by atoms with Gasteiger partial charge in [0, 0.05) is 11.8 Å². The first-order chi connectivity index (χ1) is 12.1. The molecular formula is C17H15F3N2O4. The summed E-state index contributed by atoms with van der Waals surface area (Å²) in [7, 11) is 0. The Hall–Kier alpha value is -3.10. The van der Waals surface area contributed by atoms with Crippen molar-refractivity contribution < 1.29 is 32.3 Å². The monoisotopic (exact) mass is 368 g/mol. The van der Waals surface area contributed by atoms with Crippen LogP contribution in [-0.2, 0) is 15.7 Å². The number of aromatic nitrogens is 1. The van der Waals surface area contributed by atoms with E-state index in [2.05, 4.69) is 10.3 Å². The van der Waals surface area contributed by atoms with E-state index in [9.17, 15) is 27.6 Å². The zero-order valence-corrected chi connectivity index (χ0v) is 13.8. The number of amides is 1. The molecule has 26 heavy (non-hydrogen) atoms. The van der Waals surface area contributed by atoms with Gasteiger partial charge in [0.25, 0.3) is 5.91 Å². The summed E-state index contributed by atoms with van der Waals surface area (Å²) in [6.45, 7) is 2.53. The molecule has 0 spiro atoms. The van der Waals surface area contributed by atoms with Crippen molar-refractivity contribution in [1.82, 2.24) is 4.98 Å². The number of hydrogen-bond donors (Lipinski definition) is 2.